The largest absolute Gasteiger partial charge is 0.854 e. The minimum atomic E-state index is -0.600. The summed E-state index contributed by atoms with van der Waals surface area (Å²) < 4.78 is 1.63. The van der Waals surface area contributed by atoms with Crippen molar-refractivity contribution in [1.29, 1.82) is 0 Å². The number of carbonyl (C=O) groups excluding carboxylic acids is 1. The number of fused-ring (bicyclic) bond motifs is 3. The van der Waals surface area contributed by atoms with Gasteiger partial charge in [-0.25, -0.2) is 9.88 Å². The number of para-hydroxylation sites is 1. The van der Waals surface area contributed by atoms with E-state index in [9.17, 15) is 9.90 Å². The maximum atomic E-state index is 13.1. The molecule has 1 aliphatic rings. The zero-order valence-corrected chi connectivity index (χ0v) is 18.5. The average Bonchev–Trinajstić information content (AvgIpc) is 2.76. The van der Waals surface area contributed by atoms with E-state index in [1.165, 1.54) is 18.7 Å². The maximum Gasteiger partial charge on any atom is 0.293 e. The number of aromatic nitrogens is 3. The lowest BCUT2D eigenvalue weighted by Crippen LogP contribution is -2.58. The van der Waals surface area contributed by atoms with Gasteiger partial charge in [-0.15, -0.1) is 6.58 Å². The molecule has 0 aliphatic carbocycles. The molecule has 4 rings (SSSR count). The van der Waals surface area contributed by atoms with Crippen LogP contribution in [0.5, 0.6) is 5.88 Å². The third-order valence-electron chi connectivity index (χ3n) is 5.09. The Morgan fingerprint density at radius 3 is 2.61 bits per heavy atom. The molecule has 0 saturated heterocycles. The molecule has 1 unspecified atom stereocenters. The molecule has 0 saturated carbocycles. The van der Waals surface area contributed by atoms with Gasteiger partial charge in [0, 0.05) is 43.1 Å². The van der Waals surface area contributed by atoms with E-state index in [2.05, 4.69) is 16.7 Å². The van der Waals surface area contributed by atoms with Crippen molar-refractivity contribution in [3.63, 3.8) is 0 Å². The van der Waals surface area contributed by atoms with Crippen molar-refractivity contribution >= 4 is 29.0 Å². The number of hydrogen-bond donors (Lipinski definition) is 0. The van der Waals surface area contributed by atoms with Crippen LogP contribution in [0.1, 0.15) is 18.7 Å². The van der Waals surface area contributed by atoms with E-state index < -0.39 is 6.17 Å². The molecule has 0 bridgehead atoms. The first-order valence-corrected chi connectivity index (χ1v) is 10.8. The number of hydrogen-bond acceptors (Lipinski definition) is 6. The zero-order chi connectivity index (χ0) is 22.1. The fourth-order valence-corrected chi connectivity index (χ4v) is 4.27. The molecule has 0 spiro atoms. The Labute approximate surface area is 185 Å². The molecule has 31 heavy (non-hydrogen) atoms. The molecule has 7 nitrogen and oxygen atoms in total. The normalized spacial score (nSPS) is 14.5. The van der Waals surface area contributed by atoms with E-state index >= 15 is 0 Å². The van der Waals surface area contributed by atoms with Crippen LogP contribution in [0, 0.1) is 0 Å². The summed E-state index contributed by atoms with van der Waals surface area (Å²) in [5.74, 6) is 0.0688. The third-order valence-corrected chi connectivity index (χ3v) is 5.93. The molecular formula is C23H23N5O2S. The predicted molar refractivity (Wildman–Crippen MR) is 120 cm³/mol. The number of amides is 1. The highest BCUT2D eigenvalue weighted by atomic mass is 32.2. The molecule has 0 radical (unpaired) electrons. The van der Waals surface area contributed by atoms with Crippen LogP contribution in [0.15, 0.2) is 66.3 Å². The Balaban J connectivity index is 1.97. The topological polar surface area (TPSA) is 76.3 Å². The molecule has 2 aromatic carbocycles. The van der Waals surface area contributed by atoms with Gasteiger partial charge in [0.25, 0.3) is 17.0 Å². The lowest BCUT2D eigenvalue weighted by atomic mass is 10.0. The van der Waals surface area contributed by atoms with Gasteiger partial charge >= 0.3 is 0 Å². The number of nitrogens with zero attached hydrogens (tertiary/aromatic N) is 5. The quantitative estimate of drug-likeness (QED) is 0.350. The molecule has 8 heteroatoms. The van der Waals surface area contributed by atoms with Crippen LogP contribution in [0.25, 0.3) is 11.3 Å². The summed E-state index contributed by atoms with van der Waals surface area (Å²) in [7, 11) is 3.94. The lowest BCUT2D eigenvalue weighted by molar-refractivity contribution is -0.764. The Morgan fingerprint density at radius 2 is 1.97 bits per heavy atom. The molecular weight excluding hydrogens is 410 g/mol. The van der Waals surface area contributed by atoms with E-state index in [-0.39, 0.29) is 11.8 Å². The highest BCUT2D eigenvalue weighted by molar-refractivity contribution is 7.99. The van der Waals surface area contributed by atoms with Crippen molar-refractivity contribution < 1.29 is 14.6 Å². The minimum Gasteiger partial charge on any atom is -0.854 e. The Bertz CT molecular complexity index is 1150. The summed E-state index contributed by atoms with van der Waals surface area (Å²) in [6.45, 7) is 5.24. The summed E-state index contributed by atoms with van der Waals surface area (Å²) >= 11 is 1.33. The van der Waals surface area contributed by atoms with Crippen LogP contribution in [-0.4, -0.2) is 35.8 Å². The summed E-state index contributed by atoms with van der Waals surface area (Å²) in [4.78, 5) is 20.7. The predicted octanol–water partition coefficient (Wildman–Crippen LogP) is 2.76. The van der Waals surface area contributed by atoms with Crippen LogP contribution in [0.2, 0.25) is 0 Å². The summed E-state index contributed by atoms with van der Waals surface area (Å²) in [5.41, 5.74) is 3.57. The summed E-state index contributed by atoms with van der Waals surface area (Å²) in [6, 6.07) is 15.3. The second kappa shape index (κ2) is 8.39. The van der Waals surface area contributed by atoms with Crippen molar-refractivity contribution in [1.82, 2.24) is 10.1 Å². The van der Waals surface area contributed by atoms with Gasteiger partial charge in [-0.1, -0.05) is 34.7 Å². The number of carbonyl (C=O) groups is 1. The number of rotatable bonds is 5. The maximum absolute atomic E-state index is 13.1. The molecule has 158 valence electrons. The van der Waals surface area contributed by atoms with Gasteiger partial charge in [0.15, 0.2) is 0 Å². The number of benzene rings is 2. The van der Waals surface area contributed by atoms with E-state index in [0.717, 1.165) is 11.3 Å². The second-order valence-corrected chi connectivity index (χ2v) is 8.35. The second-order valence-electron chi connectivity index (χ2n) is 7.36. The Hall–Kier alpha value is -3.39. The van der Waals surface area contributed by atoms with Crippen LogP contribution >= 0.6 is 11.8 Å². The zero-order valence-electron chi connectivity index (χ0n) is 17.6. The van der Waals surface area contributed by atoms with Crippen molar-refractivity contribution in [2.45, 2.75) is 18.2 Å². The first-order chi connectivity index (χ1) is 14.9. The van der Waals surface area contributed by atoms with Crippen molar-refractivity contribution in [2.24, 2.45) is 0 Å². The van der Waals surface area contributed by atoms with Crippen LogP contribution in [0.3, 0.4) is 0 Å². The molecule has 1 aromatic heterocycles. The van der Waals surface area contributed by atoms with Crippen molar-refractivity contribution in [3.05, 3.63) is 66.7 Å². The minimum absolute atomic E-state index is 0.140. The van der Waals surface area contributed by atoms with Crippen molar-refractivity contribution in [2.75, 3.05) is 29.6 Å². The molecule has 1 amide bonds. The smallest absolute Gasteiger partial charge is 0.293 e. The standard InChI is InChI=1S/C23H23N5O2S/c1-5-14-31-23-24-21(30)20-18-8-6-7-9-19(18)27(15(2)29)22(28(20)25-23)16-10-12-17(13-11-16)26(3)4/h5-13,22H,1,14H2,2-4H3. The molecule has 2 heterocycles. The Kier molecular flexibility index (Phi) is 5.65. The van der Waals surface area contributed by atoms with E-state index in [1.807, 2.05) is 67.5 Å². The monoisotopic (exact) mass is 433 g/mol. The van der Waals surface area contributed by atoms with Gasteiger partial charge in [-0.3, -0.25) is 4.79 Å². The first kappa shape index (κ1) is 20.9. The molecule has 0 N–H and O–H groups in total. The third kappa shape index (κ3) is 3.74. The highest BCUT2D eigenvalue weighted by Crippen LogP contribution is 2.40. The number of anilines is 2. The molecule has 1 atom stereocenters. The first-order valence-electron chi connectivity index (χ1n) is 9.83. The van der Waals surface area contributed by atoms with Crippen LogP contribution in [-0.2, 0) is 4.79 Å². The van der Waals surface area contributed by atoms with Gasteiger partial charge in [0.05, 0.1) is 17.1 Å². The molecule has 3 aromatic rings. The molecule has 0 fully saturated rings. The van der Waals surface area contributed by atoms with Crippen LogP contribution in [0.4, 0.5) is 11.4 Å². The van der Waals surface area contributed by atoms with Gasteiger partial charge in [0.2, 0.25) is 5.91 Å². The van der Waals surface area contributed by atoms with Gasteiger partial charge < -0.3 is 10.0 Å². The van der Waals surface area contributed by atoms with Gasteiger partial charge in [0.1, 0.15) is 0 Å². The van der Waals surface area contributed by atoms with Gasteiger partial charge in [-0.2, -0.15) is 0 Å². The van der Waals surface area contributed by atoms with Crippen LogP contribution < -0.4 is 19.6 Å². The Morgan fingerprint density at radius 1 is 1.26 bits per heavy atom. The summed E-state index contributed by atoms with van der Waals surface area (Å²) in [5, 5.41) is 18.1. The average molecular weight is 434 g/mol. The van der Waals surface area contributed by atoms with Crippen molar-refractivity contribution in [3.8, 4) is 17.1 Å². The SMILES string of the molecule is C=CCSc1nc([O-])c2[n+](n1)C(c1ccc(N(C)C)cc1)N(C(C)=O)c1ccccc1-2. The van der Waals surface area contributed by atoms with Gasteiger partial charge in [-0.05, 0) is 36.4 Å². The highest BCUT2D eigenvalue weighted by Gasteiger charge is 2.43. The van der Waals surface area contributed by atoms with E-state index in [0.29, 0.717) is 27.9 Å². The van der Waals surface area contributed by atoms with E-state index in [1.54, 1.807) is 15.7 Å². The summed E-state index contributed by atoms with van der Waals surface area (Å²) in [6.07, 6.45) is 1.13. The molecule has 1 aliphatic heterocycles. The number of thioether (sulfide) groups is 1. The fourth-order valence-electron chi connectivity index (χ4n) is 3.71. The van der Waals surface area contributed by atoms with E-state index in [4.69, 9.17) is 0 Å². The lowest BCUT2D eigenvalue weighted by Gasteiger charge is -2.33. The fraction of sp³-hybridized carbons (Fsp3) is 0.217.